The lowest BCUT2D eigenvalue weighted by atomic mass is 9.80. The van der Waals surface area contributed by atoms with Crippen molar-refractivity contribution in [3.63, 3.8) is 0 Å². The maximum Gasteiger partial charge on any atom is 0.0411 e. The average molecular weight is 274 g/mol. The van der Waals surface area contributed by atoms with Gasteiger partial charge in [0.15, 0.2) is 0 Å². The lowest BCUT2D eigenvalue weighted by Gasteiger charge is -2.28. The van der Waals surface area contributed by atoms with Crippen LogP contribution < -0.4 is 10.2 Å². The second-order valence-corrected chi connectivity index (χ2v) is 7.46. The standard InChI is InChI=1S/C18H30N2/c1-14(2)19-12-15-8-6-7-9-17(15)20-11-10-16(13-20)18(3,4)5/h6-9,14,16,19H,10-13H2,1-5H3. The van der Waals surface area contributed by atoms with Gasteiger partial charge in [-0.25, -0.2) is 0 Å². The number of benzene rings is 1. The Morgan fingerprint density at radius 3 is 2.55 bits per heavy atom. The summed E-state index contributed by atoms with van der Waals surface area (Å²) in [7, 11) is 0. The van der Waals surface area contributed by atoms with Crippen molar-refractivity contribution in [3.8, 4) is 0 Å². The molecule has 1 aromatic rings. The molecule has 1 heterocycles. The highest BCUT2D eigenvalue weighted by atomic mass is 15.2. The predicted molar refractivity (Wildman–Crippen MR) is 88.2 cm³/mol. The highest BCUT2D eigenvalue weighted by Gasteiger charge is 2.32. The van der Waals surface area contributed by atoms with Crippen molar-refractivity contribution < 1.29 is 0 Å². The van der Waals surface area contributed by atoms with Crippen LogP contribution in [0.5, 0.6) is 0 Å². The van der Waals surface area contributed by atoms with E-state index in [1.165, 1.54) is 30.8 Å². The summed E-state index contributed by atoms with van der Waals surface area (Å²) in [6.07, 6.45) is 1.31. The zero-order valence-electron chi connectivity index (χ0n) is 13.7. The van der Waals surface area contributed by atoms with Gasteiger partial charge < -0.3 is 10.2 Å². The fourth-order valence-corrected chi connectivity index (χ4v) is 2.97. The molecule has 0 spiro atoms. The summed E-state index contributed by atoms with van der Waals surface area (Å²) in [4.78, 5) is 2.58. The molecule has 1 atom stereocenters. The van der Waals surface area contributed by atoms with Crippen LogP contribution in [0.3, 0.4) is 0 Å². The average Bonchev–Trinajstić information content (AvgIpc) is 2.86. The Bertz CT molecular complexity index is 431. The third-order valence-corrected chi connectivity index (χ3v) is 4.45. The normalized spacial score (nSPS) is 19.9. The van der Waals surface area contributed by atoms with Crippen molar-refractivity contribution >= 4 is 5.69 Å². The van der Waals surface area contributed by atoms with Gasteiger partial charge in [-0.3, -0.25) is 0 Å². The van der Waals surface area contributed by atoms with Crippen molar-refractivity contribution in [2.45, 2.75) is 53.6 Å². The third kappa shape index (κ3) is 3.76. The molecule has 0 aromatic heterocycles. The second-order valence-electron chi connectivity index (χ2n) is 7.46. The van der Waals surface area contributed by atoms with E-state index in [2.05, 4.69) is 69.1 Å². The van der Waals surface area contributed by atoms with Gasteiger partial charge in [-0.15, -0.1) is 0 Å². The molecule has 1 fully saturated rings. The molecule has 2 heteroatoms. The minimum Gasteiger partial charge on any atom is -0.371 e. The van der Waals surface area contributed by atoms with Gasteiger partial charge in [0, 0.05) is 31.4 Å². The molecule has 112 valence electrons. The van der Waals surface area contributed by atoms with Crippen molar-refractivity contribution in [2.75, 3.05) is 18.0 Å². The smallest absolute Gasteiger partial charge is 0.0411 e. The van der Waals surface area contributed by atoms with Crippen LogP contribution in [-0.2, 0) is 6.54 Å². The highest BCUT2D eigenvalue weighted by molar-refractivity contribution is 5.54. The van der Waals surface area contributed by atoms with Crippen LogP contribution in [0.15, 0.2) is 24.3 Å². The van der Waals surface area contributed by atoms with E-state index >= 15 is 0 Å². The van der Waals surface area contributed by atoms with Crippen LogP contribution in [0.2, 0.25) is 0 Å². The molecule has 1 aliphatic heterocycles. The number of nitrogens with zero attached hydrogens (tertiary/aromatic N) is 1. The van der Waals surface area contributed by atoms with E-state index < -0.39 is 0 Å². The minimum absolute atomic E-state index is 0.417. The number of rotatable bonds is 4. The van der Waals surface area contributed by atoms with Crippen LogP contribution in [0, 0.1) is 11.3 Å². The predicted octanol–water partition coefficient (Wildman–Crippen LogP) is 4.06. The molecule has 2 rings (SSSR count). The molecule has 0 bridgehead atoms. The first-order valence-electron chi connectivity index (χ1n) is 7.94. The lowest BCUT2D eigenvalue weighted by molar-refractivity contribution is 0.263. The molecule has 2 nitrogen and oxygen atoms in total. The fraction of sp³-hybridized carbons (Fsp3) is 0.667. The Hall–Kier alpha value is -1.02. The first-order valence-corrected chi connectivity index (χ1v) is 7.94. The molecule has 0 radical (unpaired) electrons. The Morgan fingerprint density at radius 2 is 1.95 bits per heavy atom. The van der Waals surface area contributed by atoms with Gasteiger partial charge in [-0.05, 0) is 29.4 Å². The molecule has 1 unspecified atom stereocenters. The monoisotopic (exact) mass is 274 g/mol. The molecule has 20 heavy (non-hydrogen) atoms. The van der Waals surface area contributed by atoms with Crippen LogP contribution in [-0.4, -0.2) is 19.1 Å². The summed E-state index contributed by atoms with van der Waals surface area (Å²) in [5.41, 5.74) is 3.27. The van der Waals surface area contributed by atoms with Crippen molar-refractivity contribution in [1.29, 1.82) is 0 Å². The quantitative estimate of drug-likeness (QED) is 0.891. The SMILES string of the molecule is CC(C)NCc1ccccc1N1CCC(C(C)(C)C)C1. The number of nitrogens with one attached hydrogen (secondary N) is 1. The fourth-order valence-electron chi connectivity index (χ4n) is 2.97. The Morgan fingerprint density at radius 1 is 1.25 bits per heavy atom. The molecular formula is C18H30N2. The lowest BCUT2D eigenvalue weighted by Crippen LogP contribution is -2.28. The third-order valence-electron chi connectivity index (χ3n) is 4.45. The number of para-hydroxylation sites is 1. The van der Waals surface area contributed by atoms with E-state index in [-0.39, 0.29) is 0 Å². The molecule has 1 saturated heterocycles. The van der Waals surface area contributed by atoms with Crippen molar-refractivity contribution in [1.82, 2.24) is 5.32 Å². The first-order chi connectivity index (χ1) is 9.38. The van der Waals surface area contributed by atoms with Gasteiger partial charge in [0.25, 0.3) is 0 Å². The molecule has 1 N–H and O–H groups in total. The van der Waals surface area contributed by atoms with Crippen molar-refractivity contribution in [2.24, 2.45) is 11.3 Å². The van der Waals surface area contributed by atoms with Gasteiger partial charge in [0.1, 0.15) is 0 Å². The van der Waals surface area contributed by atoms with Gasteiger partial charge in [-0.1, -0.05) is 52.8 Å². The van der Waals surface area contributed by atoms with E-state index in [0.29, 0.717) is 11.5 Å². The van der Waals surface area contributed by atoms with E-state index in [9.17, 15) is 0 Å². The maximum atomic E-state index is 3.54. The molecule has 0 amide bonds. The van der Waals surface area contributed by atoms with E-state index in [0.717, 1.165) is 12.5 Å². The van der Waals surface area contributed by atoms with Crippen LogP contribution >= 0.6 is 0 Å². The number of hydrogen-bond acceptors (Lipinski definition) is 2. The molecule has 1 aromatic carbocycles. The maximum absolute atomic E-state index is 3.54. The van der Waals surface area contributed by atoms with Gasteiger partial charge in [0.05, 0.1) is 0 Å². The summed E-state index contributed by atoms with van der Waals surface area (Å²) in [5.74, 6) is 0.800. The molecule has 1 aliphatic rings. The summed E-state index contributed by atoms with van der Waals surface area (Å²) in [5, 5.41) is 3.54. The first kappa shape index (κ1) is 15.4. The molecule has 0 saturated carbocycles. The van der Waals surface area contributed by atoms with E-state index in [1.54, 1.807) is 0 Å². The summed E-state index contributed by atoms with van der Waals surface area (Å²) >= 11 is 0. The van der Waals surface area contributed by atoms with Gasteiger partial charge in [0.2, 0.25) is 0 Å². The molecular weight excluding hydrogens is 244 g/mol. The number of hydrogen-bond donors (Lipinski definition) is 1. The van der Waals surface area contributed by atoms with E-state index in [4.69, 9.17) is 0 Å². The number of anilines is 1. The summed E-state index contributed by atoms with van der Waals surface area (Å²) in [6.45, 7) is 14.9. The van der Waals surface area contributed by atoms with Crippen LogP contribution in [0.4, 0.5) is 5.69 Å². The van der Waals surface area contributed by atoms with Crippen molar-refractivity contribution in [3.05, 3.63) is 29.8 Å². The van der Waals surface area contributed by atoms with Gasteiger partial charge in [-0.2, -0.15) is 0 Å². The van der Waals surface area contributed by atoms with E-state index in [1.807, 2.05) is 0 Å². The largest absolute Gasteiger partial charge is 0.371 e. The Kier molecular flexibility index (Phi) is 4.74. The topological polar surface area (TPSA) is 15.3 Å². The Labute approximate surface area is 124 Å². The summed E-state index contributed by atoms with van der Waals surface area (Å²) < 4.78 is 0. The summed E-state index contributed by atoms with van der Waals surface area (Å²) in [6, 6.07) is 9.39. The minimum atomic E-state index is 0.417. The second kappa shape index (κ2) is 6.17. The highest BCUT2D eigenvalue weighted by Crippen LogP contribution is 2.36. The zero-order valence-corrected chi connectivity index (χ0v) is 13.7. The van der Waals surface area contributed by atoms with Crippen LogP contribution in [0.25, 0.3) is 0 Å². The van der Waals surface area contributed by atoms with Crippen LogP contribution in [0.1, 0.15) is 46.6 Å². The zero-order chi connectivity index (χ0) is 14.8. The molecule has 0 aliphatic carbocycles. The van der Waals surface area contributed by atoms with Gasteiger partial charge >= 0.3 is 0 Å². The Balaban J connectivity index is 2.09.